The van der Waals surface area contributed by atoms with E-state index in [4.69, 9.17) is 4.74 Å². The number of amides is 1. The molecule has 0 aromatic heterocycles. The zero-order valence-electron chi connectivity index (χ0n) is 18.7. The Balaban J connectivity index is 1.70. The number of halogens is 1. The smallest absolute Gasteiger partial charge is 0.336 e. The predicted molar refractivity (Wildman–Crippen MR) is 144 cm³/mol. The first kappa shape index (κ1) is 23.7. The van der Waals surface area contributed by atoms with E-state index in [0.29, 0.717) is 33.7 Å². The number of aliphatic hydroxyl groups is 1. The molecular formula is C28H20INO6. The van der Waals surface area contributed by atoms with Gasteiger partial charge < -0.3 is 25.4 Å². The number of aromatic hydroxyl groups is 1. The van der Waals surface area contributed by atoms with Crippen LogP contribution in [0.25, 0.3) is 5.57 Å². The van der Waals surface area contributed by atoms with Crippen LogP contribution in [0.1, 0.15) is 31.0 Å². The second-order valence-electron chi connectivity index (χ2n) is 8.27. The summed E-state index contributed by atoms with van der Waals surface area (Å²) in [5, 5.41) is 33.1. The number of alkyl halides is 1. The molecule has 0 fully saturated rings. The van der Waals surface area contributed by atoms with E-state index >= 15 is 0 Å². The van der Waals surface area contributed by atoms with E-state index in [1.807, 2.05) is 52.9 Å². The van der Waals surface area contributed by atoms with Crippen LogP contribution in [0.4, 0.5) is 5.69 Å². The molecule has 0 radical (unpaired) electrons. The van der Waals surface area contributed by atoms with Gasteiger partial charge in [-0.2, -0.15) is 0 Å². The van der Waals surface area contributed by atoms with Gasteiger partial charge in [0.2, 0.25) is 5.91 Å². The molecule has 8 heteroatoms. The molecular weight excluding hydrogens is 573 g/mol. The Bertz CT molecular complexity index is 1470. The SMILES string of the molecule is O=C(O)c1cccc(NC(=O)C(I)c2ccccc2)c1C1=C2C=CC(O)=CC2Oc2cc(O)ccc21. The first-order chi connectivity index (χ1) is 17.3. The summed E-state index contributed by atoms with van der Waals surface area (Å²) in [5.74, 6) is -1.16. The highest BCUT2D eigenvalue weighted by atomic mass is 127. The number of carboxylic acid groups (broad SMARTS) is 1. The Kier molecular flexibility index (Phi) is 6.27. The molecule has 36 heavy (non-hydrogen) atoms. The fourth-order valence-corrected chi connectivity index (χ4v) is 4.92. The van der Waals surface area contributed by atoms with Crippen molar-refractivity contribution in [3.63, 3.8) is 0 Å². The van der Waals surface area contributed by atoms with Crippen molar-refractivity contribution < 1.29 is 29.6 Å². The molecule has 1 aliphatic carbocycles. The average Bonchev–Trinajstić information content (AvgIpc) is 2.87. The second-order valence-corrected chi connectivity index (χ2v) is 9.52. The third-order valence-corrected chi connectivity index (χ3v) is 7.25. The van der Waals surface area contributed by atoms with Crippen molar-refractivity contribution in [2.45, 2.75) is 10.0 Å². The lowest BCUT2D eigenvalue weighted by atomic mass is 9.83. The van der Waals surface area contributed by atoms with E-state index in [1.165, 1.54) is 30.4 Å². The summed E-state index contributed by atoms with van der Waals surface area (Å²) in [7, 11) is 0. The monoisotopic (exact) mass is 593 g/mol. The number of aliphatic hydroxyl groups excluding tert-OH is 1. The molecule has 0 spiro atoms. The van der Waals surface area contributed by atoms with Crippen LogP contribution in [-0.4, -0.2) is 33.3 Å². The Morgan fingerprint density at radius 2 is 1.75 bits per heavy atom. The number of phenolic OH excluding ortho intramolecular Hbond substituents is 1. The number of hydrogen-bond acceptors (Lipinski definition) is 5. The lowest BCUT2D eigenvalue weighted by Gasteiger charge is -2.31. The minimum Gasteiger partial charge on any atom is -0.508 e. The maximum Gasteiger partial charge on any atom is 0.336 e. The molecule has 2 atom stereocenters. The number of fused-ring (bicyclic) bond motifs is 2. The number of ether oxygens (including phenoxy) is 1. The first-order valence-electron chi connectivity index (χ1n) is 11.0. The van der Waals surface area contributed by atoms with E-state index in [2.05, 4.69) is 5.32 Å². The van der Waals surface area contributed by atoms with Crippen LogP contribution in [-0.2, 0) is 4.79 Å². The van der Waals surface area contributed by atoms with Crippen molar-refractivity contribution in [3.8, 4) is 11.5 Å². The van der Waals surface area contributed by atoms with Crippen LogP contribution < -0.4 is 10.1 Å². The lowest BCUT2D eigenvalue weighted by Crippen LogP contribution is -2.26. The maximum absolute atomic E-state index is 13.2. The molecule has 5 rings (SSSR count). The van der Waals surface area contributed by atoms with E-state index in [9.17, 15) is 24.9 Å². The number of nitrogens with one attached hydrogen (secondary N) is 1. The second kappa shape index (κ2) is 9.54. The van der Waals surface area contributed by atoms with E-state index in [1.54, 1.807) is 24.3 Å². The van der Waals surface area contributed by atoms with Crippen molar-refractivity contribution in [2.24, 2.45) is 0 Å². The molecule has 1 heterocycles. The van der Waals surface area contributed by atoms with Crippen molar-refractivity contribution >= 4 is 45.7 Å². The number of phenols is 1. The normalized spacial score (nSPS) is 16.8. The fraction of sp³-hybridized carbons (Fsp3) is 0.0714. The number of rotatable bonds is 5. The zero-order valence-corrected chi connectivity index (χ0v) is 20.8. The van der Waals surface area contributed by atoms with Gasteiger partial charge in [0.25, 0.3) is 0 Å². The number of aromatic carboxylic acids is 1. The van der Waals surface area contributed by atoms with Gasteiger partial charge in [-0.3, -0.25) is 4.79 Å². The standard InChI is InChI=1S/C28H20INO6/c29-26(15-5-2-1-3-6-15)27(33)30-21-8-4-7-20(28(34)35)25(21)24-18-11-9-16(31)13-22(18)36-23-14-17(32)10-12-19(23)24/h1-14,22,26,31-32H,(H,30,33)(H,34,35). The van der Waals surface area contributed by atoms with Crippen molar-refractivity contribution in [1.29, 1.82) is 0 Å². The van der Waals surface area contributed by atoms with Gasteiger partial charge in [0.1, 0.15) is 27.3 Å². The first-order valence-corrected chi connectivity index (χ1v) is 12.3. The average molecular weight is 593 g/mol. The van der Waals surface area contributed by atoms with Crippen LogP contribution in [0.5, 0.6) is 11.5 Å². The molecule has 0 bridgehead atoms. The number of hydrogen-bond donors (Lipinski definition) is 4. The molecule has 180 valence electrons. The Hall–Kier alpha value is -4.05. The molecule has 2 aliphatic rings. The number of anilines is 1. The summed E-state index contributed by atoms with van der Waals surface area (Å²) in [6.07, 6.45) is 3.95. The molecule has 2 unspecified atom stereocenters. The number of carbonyl (C=O) groups is 2. The summed E-state index contributed by atoms with van der Waals surface area (Å²) in [5.41, 5.74) is 3.14. The molecule has 1 amide bonds. The Morgan fingerprint density at radius 1 is 0.972 bits per heavy atom. The highest BCUT2D eigenvalue weighted by Crippen LogP contribution is 2.46. The summed E-state index contributed by atoms with van der Waals surface area (Å²) in [4.78, 5) is 25.6. The molecule has 3 aromatic carbocycles. The molecule has 0 saturated carbocycles. The molecule has 4 N–H and O–H groups in total. The Morgan fingerprint density at radius 3 is 2.50 bits per heavy atom. The quantitative estimate of drug-likeness (QED) is 0.220. The number of benzene rings is 3. The van der Waals surface area contributed by atoms with Crippen LogP contribution >= 0.6 is 22.6 Å². The van der Waals surface area contributed by atoms with Gasteiger partial charge in [0, 0.05) is 40.1 Å². The summed E-state index contributed by atoms with van der Waals surface area (Å²) < 4.78 is 5.50. The molecule has 0 saturated heterocycles. The summed E-state index contributed by atoms with van der Waals surface area (Å²) in [6.45, 7) is 0. The van der Waals surface area contributed by atoms with Crippen LogP contribution in [0.15, 0.2) is 96.3 Å². The van der Waals surface area contributed by atoms with E-state index < -0.39 is 16.0 Å². The van der Waals surface area contributed by atoms with Gasteiger partial charge in [0.15, 0.2) is 0 Å². The number of carbonyl (C=O) groups excluding carboxylic acids is 1. The fourth-order valence-electron chi connectivity index (χ4n) is 4.35. The largest absolute Gasteiger partial charge is 0.508 e. The summed E-state index contributed by atoms with van der Waals surface area (Å²) >= 11 is 2.05. The number of carboxylic acids is 1. The van der Waals surface area contributed by atoms with Gasteiger partial charge in [-0.1, -0.05) is 65.1 Å². The van der Waals surface area contributed by atoms with Gasteiger partial charge in [-0.15, -0.1) is 0 Å². The van der Waals surface area contributed by atoms with Gasteiger partial charge in [-0.25, -0.2) is 4.79 Å². The zero-order chi connectivity index (χ0) is 25.4. The Labute approximate surface area is 220 Å². The minimum atomic E-state index is -1.16. The third kappa shape index (κ3) is 4.35. The van der Waals surface area contributed by atoms with E-state index in [-0.39, 0.29) is 23.0 Å². The van der Waals surface area contributed by atoms with E-state index in [0.717, 1.165) is 5.56 Å². The van der Waals surface area contributed by atoms with Crippen LogP contribution in [0.2, 0.25) is 0 Å². The van der Waals surface area contributed by atoms with Gasteiger partial charge >= 0.3 is 5.97 Å². The topological polar surface area (TPSA) is 116 Å². The minimum absolute atomic E-state index is 0.00219. The third-order valence-electron chi connectivity index (χ3n) is 5.96. The van der Waals surface area contributed by atoms with Crippen LogP contribution in [0, 0.1) is 0 Å². The van der Waals surface area contributed by atoms with Crippen molar-refractivity contribution in [2.75, 3.05) is 5.32 Å². The van der Waals surface area contributed by atoms with Gasteiger partial charge in [-0.05, 0) is 35.9 Å². The van der Waals surface area contributed by atoms with Crippen LogP contribution in [0.3, 0.4) is 0 Å². The maximum atomic E-state index is 13.2. The molecule has 1 aliphatic heterocycles. The van der Waals surface area contributed by atoms with Gasteiger partial charge in [0.05, 0.1) is 5.56 Å². The summed E-state index contributed by atoms with van der Waals surface area (Å²) in [6, 6.07) is 18.6. The highest BCUT2D eigenvalue weighted by molar-refractivity contribution is 14.1. The molecule has 3 aromatic rings. The number of allylic oxidation sites excluding steroid dienone is 1. The highest BCUT2D eigenvalue weighted by Gasteiger charge is 2.33. The lowest BCUT2D eigenvalue weighted by molar-refractivity contribution is -0.115. The van der Waals surface area contributed by atoms with Crippen molar-refractivity contribution in [1.82, 2.24) is 0 Å². The predicted octanol–water partition coefficient (Wildman–Crippen LogP) is 5.78. The van der Waals surface area contributed by atoms with Crippen molar-refractivity contribution in [3.05, 3.63) is 119 Å². The molecule has 7 nitrogen and oxygen atoms in total.